The minimum absolute atomic E-state index is 0.115. The second-order valence-electron chi connectivity index (χ2n) is 4.18. The molecule has 1 saturated carbocycles. The molecule has 2 nitrogen and oxygen atoms in total. The molecule has 1 aliphatic rings. The molecule has 2 N–H and O–H groups in total. The van der Waals surface area contributed by atoms with Gasteiger partial charge >= 0.3 is 0 Å². The second-order valence-corrected chi connectivity index (χ2v) is 4.59. The van der Waals surface area contributed by atoms with E-state index in [-0.39, 0.29) is 6.04 Å². The first-order valence-electron chi connectivity index (χ1n) is 5.29. The Kier molecular flexibility index (Phi) is 3.17. The van der Waals surface area contributed by atoms with E-state index in [0.29, 0.717) is 10.8 Å². The molecule has 0 heterocycles. The quantitative estimate of drug-likeness (QED) is 0.855. The lowest BCUT2D eigenvalue weighted by molar-refractivity contribution is 0.413. The predicted molar refractivity (Wildman–Crippen MR) is 62.3 cm³/mol. The molecule has 0 aromatic heterocycles. The molecule has 0 aliphatic heterocycles. The number of nitrogens with two attached hydrogens (primary N) is 1. The van der Waals surface area contributed by atoms with Crippen LogP contribution in [0.2, 0.25) is 5.02 Å². The Labute approximate surface area is 95.4 Å². The van der Waals surface area contributed by atoms with Gasteiger partial charge in [0.25, 0.3) is 0 Å². The van der Waals surface area contributed by atoms with Crippen LogP contribution in [0.25, 0.3) is 0 Å². The van der Waals surface area contributed by atoms with Crippen LogP contribution in [0.3, 0.4) is 0 Å². The van der Waals surface area contributed by atoms with Gasteiger partial charge in [0, 0.05) is 6.04 Å². The number of benzene rings is 1. The van der Waals surface area contributed by atoms with Crippen LogP contribution in [0.5, 0.6) is 5.75 Å². The summed E-state index contributed by atoms with van der Waals surface area (Å²) in [5.41, 5.74) is 7.22. The van der Waals surface area contributed by atoms with Crippen molar-refractivity contribution in [1.82, 2.24) is 0 Å². The maximum atomic E-state index is 6.11. The van der Waals surface area contributed by atoms with Crippen molar-refractivity contribution >= 4 is 11.6 Å². The lowest BCUT2D eigenvalue weighted by Crippen LogP contribution is -2.11. The van der Waals surface area contributed by atoms with Gasteiger partial charge in [-0.15, -0.1) is 0 Å². The van der Waals surface area contributed by atoms with E-state index in [0.717, 1.165) is 17.9 Å². The van der Waals surface area contributed by atoms with Crippen LogP contribution < -0.4 is 10.5 Å². The van der Waals surface area contributed by atoms with Crippen LogP contribution in [0.4, 0.5) is 0 Å². The van der Waals surface area contributed by atoms with E-state index in [4.69, 9.17) is 22.1 Å². The third kappa shape index (κ3) is 2.64. The number of hydrogen-bond acceptors (Lipinski definition) is 2. The normalized spacial score (nSPS) is 17.5. The van der Waals surface area contributed by atoms with Gasteiger partial charge in [-0.1, -0.05) is 30.5 Å². The van der Waals surface area contributed by atoms with Crippen molar-refractivity contribution in [3.8, 4) is 5.75 Å². The summed E-state index contributed by atoms with van der Waals surface area (Å²) in [6.07, 6.45) is 3.74. The predicted octanol–water partition coefficient (Wildman–Crippen LogP) is 3.15. The third-order valence-corrected chi connectivity index (χ3v) is 3.20. The summed E-state index contributed by atoms with van der Waals surface area (Å²) in [7, 11) is 1.62. The van der Waals surface area contributed by atoms with E-state index in [1.807, 2.05) is 18.2 Å². The molecule has 0 amide bonds. The van der Waals surface area contributed by atoms with Crippen LogP contribution in [-0.2, 0) is 0 Å². The van der Waals surface area contributed by atoms with Crippen molar-refractivity contribution in [1.29, 1.82) is 0 Å². The van der Waals surface area contributed by atoms with Crippen LogP contribution >= 0.6 is 11.6 Å². The summed E-state index contributed by atoms with van der Waals surface area (Å²) in [5, 5.41) is 0.639. The molecule has 15 heavy (non-hydrogen) atoms. The Morgan fingerprint density at radius 2 is 2.27 bits per heavy atom. The van der Waals surface area contributed by atoms with Gasteiger partial charge in [0.2, 0.25) is 0 Å². The number of rotatable bonds is 4. The van der Waals surface area contributed by atoms with Gasteiger partial charge < -0.3 is 10.5 Å². The van der Waals surface area contributed by atoms with Crippen molar-refractivity contribution in [3.05, 3.63) is 28.8 Å². The van der Waals surface area contributed by atoms with Gasteiger partial charge in [0.1, 0.15) is 5.75 Å². The molecule has 0 saturated heterocycles. The number of halogens is 1. The fourth-order valence-electron chi connectivity index (χ4n) is 1.76. The lowest BCUT2D eigenvalue weighted by atomic mass is 10.0. The van der Waals surface area contributed by atoms with E-state index in [2.05, 4.69) is 0 Å². The second kappa shape index (κ2) is 4.42. The summed E-state index contributed by atoms with van der Waals surface area (Å²) >= 11 is 5.95. The first-order chi connectivity index (χ1) is 7.20. The van der Waals surface area contributed by atoms with Gasteiger partial charge in [-0.2, -0.15) is 0 Å². The Hall–Kier alpha value is -0.730. The number of hydrogen-bond donors (Lipinski definition) is 1. The fourth-order valence-corrected chi connectivity index (χ4v) is 1.95. The molecular weight excluding hydrogens is 210 g/mol. The van der Waals surface area contributed by atoms with Gasteiger partial charge in [0.05, 0.1) is 12.1 Å². The first kappa shape index (κ1) is 10.8. The van der Waals surface area contributed by atoms with Crippen molar-refractivity contribution in [3.63, 3.8) is 0 Å². The van der Waals surface area contributed by atoms with Crippen molar-refractivity contribution < 1.29 is 4.74 Å². The molecule has 1 atom stereocenters. The van der Waals surface area contributed by atoms with Gasteiger partial charge in [-0.25, -0.2) is 0 Å². The van der Waals surface area contributed by atoms with Crippen LogP contribution in [-0.4, -0.2) is 7.11 Å². The molecule has 1 aliphatic carbocycles. The molecule has 2 rings (SSSR count). The first-order valence-corrected chi connectivity index (χ1v) is 5.67. The molecule has 0 radical (unpaired) electrons. The van der Waals surface area contributed by atoms with E-state index >= 15 is 0 Å². The maximum absolute atomic E-state index is 6.11. The summed E-state index contributed by atoms with van der Waals surface area (Å²) in [4.78, 5) is 0. The molecular formula is C12H16ClNO. The SMILES string of the molecule is COc1cc(C(N)CC2CC2)ccc1Cl. The average molecular weight is 226 g/mol. The molecule has 0 bridgehead atoms. The Morgan fingerprint density at radius 1 is 1.53 bits per heavy atom. The lowest BCUT2D eigenvalue weighted by Gasteiger charge is -2.13. The zero-order chi connectivity index (χ0) is 10.8. The smallest absolute Gasteiger partial charge is 0.137 e. The van der Waals surface area contributed by atoms with Crippen LogP contribution in [0.1, 0.15) is 30.9 Å². The highest BCUT2D eigenvalue weighted by Crippen LogP contribution is 2.37. The topological polar surface area (TPSA) is 35.2 Å². The molecule has 1 fully saturated rings. The van der Waals surface area contributed by atoms with Gasteiger partial charge in [0.15, 0.2) is 0 Å². The van der Waals surface area contributed by atoms with E-state index < -0.39 is 0 Å². The Bertz CT molecular complexity index is 349. The Balaban J connectivity index is 2.12. The zero-order valence-electron chi connectivity index (χ0n) is 8.87. The summed E-state index contributed by atoms with van der Waals surface area (Å²) < 4.78 is 5.17. The van der Waals surface area contributed by atoms with Gasteiger partial charge in [-0.3, -0.25) is 0 Å². The van der Waals surface area contributed by atoms with Crippen molar-refractivity contribution in [2.75, 3.05) is 7.11 Å². The van der Waals surface area contributed by atoms with E-state index in [1.54, 1.807) is 7.11 Å². The summed E-state index contributed by atoms with van der Waals surface area (Å²) in [6.45, 7) is 0. The molecule has 82 valence electrons. The van der Waals surface area contributed by atoms with Crippen molar-refractivity contribution in [2.45, 2.75) is 25.3 Å². The molecule has 1 aromatic carbocycles. The average Bonchev–Trinajstić information content (AvgIpc) is 3.02. The highest BCUT2D eigenvalue weighted by molar-refractivity contribution is 6.32. The zero-order valence-corrected chi connectivity index (χ0v) is 9.63. The van der Waals surface area contributed by atoms with Crippen LogP contribution in [0, 0.1) is 5.92 Å². The minimum atomic E-state index is 0.115. The standard InChI is InChI=1S/C12H16ClNO/c1-15-12-7-9(4-5-10(12)13)11(14)6-8-2-3-8/h4-5,7-8,11H,2-3,6,14H2,1H3. The summed E-state index contributed by atoms with van der Waals surface area (Å²) in [5.74, 6) is 1.54. The minimum Gasteiger partial charge on any atom is -0.495 e. The van der Waals surface area contributed by atoms with E-state index in [1.165, 1.54) is 12.8 Å². The molecule has 3 heteroatoms. The number of methoxy groups -OCH3 is 1. The monoisotopic (exact) mass is 225 g/mol. The largest absolute Gasteiger partial charge is 0.495 e. The molecule has 0 spiro atoms. The number of ether oxygens (including phenoxy) is 1. The maximum Gasteiger partial charge on any atom is 0.137 e. The third-order valence-electron chi connectivity index (χ3n) is 2.89. The highest BCUT2D eigenvalue weighted by atomic mass is 35.5. The van der Waals surface area contributed by atoms with Gasteiger partial charge in [-0.05, 0) is 30.0 Å². The fraction of sp³-hybridized carbons (Fsp3) is 0.500. The summed E-state index contributed by atoms with van der Waals surface area (Å²) in [6, 6.07) is 5.89. The molecule has 1 aromatic rings. The Morgan fingerprint density at radius 3 is 2.87 bits per heavy atom. The van der Waals surface area contributed by atoms with Crippen LogP contribution in [0.15, 0.2) is 18.2 Å². The highest BCUT2D eigenvalue weighted by Gasteiger charge is 2.24. The van der Waals surface area contributed by atoms with Crippen molar-refractivity contribution in [2.24, 2.45) is 11.7 Å². The van der Waals surface area contributed by atoms with E-state index in [9.17, 15) is 0 Å². The molecule has 1 unspecified atom stereocenters.